The van der Waals surface area contributed by atoms with E-state index in [1.807, 2.05) is 0 Å². The monoisotopic (exact) mass is 262 g/mol. The Bertz CT molecular complexity index is 471. The summed E-state index contributed by atoms with van der Waals surface area (Å²) in [6.45, 7) is 0.843. The minimum Gasteiger partial charge on any atom is -0.354 e. The van der Waals surface area contributed by atoms with Gasteiger partial charge in [-0.25, -0.2) is 0 Å². The van der Waals surface area contributed by atoms with Crippen LogP contribution >= 0.6 is 0 Å². The second-order valence-corrected chi connectivity index (χ2v) is 4.51. The molecule has 0 radical (unpaired) electrons. The summed E-state index contributed by atoms with van der Waals surface area (Å²) in [5.74, 6) is 5.40. The van der Waals surface area contributed by atoms with Crippen LogP contribution in [0.25, 0.3) is 0 Å². The van der Waals surface area contributed by atoms with Crippen LogP contribution in [0.5, 0.6) is 0 Å². The van der Waals surface area contributed by atoms with E-state index in [0.29, 0.717) is 24.3 Å². The summed E-state index contributed by atoms with van der Waals surface area (Å²) in [5.41, 5.74) is 3.53. The molecule has 1 aliphatic carbocycles. The lowest BCUT2D eigenvalue weighted by Crippen LogP contribution is -2.35. The lowest BCUT2D eigenvalue weighted by Gasteiger charge is -2.09. The molecule has 6 nitrogen and oxygen atoms in total. The lowest BCUT2D eigenvalue weighted by atomic mass is 10.1. The van der Waals surface area contributed by atoms with Crippen molar-refractivity contribution in [2.24, 2.45) is 11.8 Å². The van der Waals surface area contributed by atoms with E-state index in [-0.39, 0.29) is 17.7 Å². The van der Waals surface area contributed by atoms with Gasteiger partial charge in [0.1, 0.15) is 0 Å². The predicted octanol–water partition coefficient (Wildman–Crippen LogP) is 0.228. The molecule has 1 aromatic rings. The van der Waals surface area contributed by atoms with E-state index in [2.05, 4.69) is 16.1 Å². The molecule has 2 rings (SSSR count). The Morgan fingerprint density at radius 3 is 2.53 bits per heavy atom. The van der Waals surface area contributed by atoms with Gasteiger partial charge in [-0.2, -0.15) is 0 Å². The summed E-state index contributed by atoms with van der Waals surface area (Å²) in [4.78, 5) is 23.3. The fraction of sp³-hybridized carbons (Fsp3) is 0.385. The normalized spacial score (nSPS) is 13.7. The van der Waals surface area contributed by atoms with Crippen molar-refractivity contribution in [1.29, 1.82) is 0 Å². The predicted molar refractivity (Wildman–Crippen MR) is 72.3 cm³/mol. The second kappa shape index (κ2) is 6.19. The number of hydrazine groups is 1. The van der Waals surface area contributed by atoms with Crippen LogP contribution in [0, 0.1) is 5.92 Å². The SMILES string of the molecule is NNc1ccccc1C(=O)NCCNC(=O)C1CC1. The highest BCUT2D eigenvalue weighted by atomic mass is 16.2. The van der Waals surface area contributed by atoms with Crippen molar-refractivity contribution in [2.45, 2.75) is 12.8 Å². The number of amides is 2. The summed E-state index contributed by atoms with van der Waals surface area (Å²) < 4.78 is 0. The van der Waals surface area contributed by atoms with Gasteiger partial charge in [-0.15, -0.1) is 0 Å². The molecular weight excluding hydrogens is 244 g/mol. The molecule has 1 aromatic carbocycles. The highest BCUT2D eigenvalue weighted by Gasteiger charge is 2.28. The van der Waals surface area contributed by atoms with Crippen molar-refractivity contribution in [1.82, 2.24) is 10.6 Å². The molecule has 19 heavy (non-hydrogen) atoms. The van der Waals surface area contributed by atoms with Gasteiger partial charge in [-0.3, -0.25) is 15.4 Å². The third-order valence-electron chi connectivity index (χ3n) is 2.99. The van der Waals surface area contributed by atoms with Crippen molar-refractivity contribution in [3.8, 4) is 0 Å². The lowest BCUT2D eigenvalue weighted by molar-refractivity contribution is -0.122. The standard InChI is InChI=1S/C13H18N4O2/c14-17-11-4-2-1-3-10(11)13(19)16-8-7-15-12(18)9-5-6-9/h1-4,9,17H,5-8,14H2,(H,15,18)(H,16,19). The molecule has 0 spiro atoms. The van der Waals surface area contributed by atoms with E-state index < -0.39 is 0 Å². The Morgan fingerprint density at radius 2 is 1.84 bits per heavy atom. The van der Waals surface area contributed by atoms with Gasteiger partial charge in [-0.1, -0.05) is 12.1 Å². The van der Waals surface area contributed by atoms with E-state index in [4.69, 9.17) is 5.84 Å². The molecule has 5 N–H and O–H groups in total. The van der Waals surface area contributed by atoms with Gasteiger partial charge < -0.3 is 16.1 Å². The minimum atomic E-state index is -0.214. The Morgan fingerprint density at radius 1 is 1.16 bits per heavy atom. The molecule has 0 saturated heterocycles. The maximum Gasteiger partial charge on any atom is 0.253 e. The molecule has 0 bridgehead atoms. The summed E-state index contributed by atoms with van der Waals surface area (Å²) in [5, 5.41) is 5.53. The Hall–Kier alpha value is -2.08. The molecule has 0 atom stereocenters. The van der Waals surface area contributed by atoms with E-state index in [9.17, 15) is 9.59 Å². The maximum atomic E-state index is 11.9. The van der Waals surface area contributed by atoms with Gasteiger partial charge in [0.25, 0.3) is 5.91 Å². The molecule has 102 valence electrons. The molecule has 0 aliphatic heterocycles. The Labute approximate surface area is 111 Å². The third-order valence-corrected chi connectivity index (χ3v) is 2.99. The number of benzene rings is 1. The number of para-hydroxylation sites is 1. The van der Waals surface area contributed by atoms with E-state index >= 15 is 0 Å². The van der Waals surface area contributed by atoms with Crippen molar-refractivity contribution in [3.63, 3.8) is 0 Å². The van der Waals surface area contributed by atoms with Crippen molar-refractivity contribution < 1.29 is 9.59 Å². The summed E-state index contributed by atoms with van der Waals surface area (Å²) in [6.07, 6.45) is 1.96. The average Bonchev–Trinajstić information content (AvgIpc) is 3.27. The zero-order chi connectivity index (χ0) is 13.7. The first-order chi connectivity index (χ1) is 9.22. The van der Waals surface area contributed by atoms with Crippen LogP contribution in [-0.4, -0.2) is 24.9 Å². The summed E-state index contributed by atoms with van der Waals surface area (Å²) in [7, 11) is 0. The zero-order valence-corrected chi connectivity index (χ0v) is 10.6. The van der Waals surface area contributed by atoms with Crippen LogP contribution < -0.4 is 21.9 Å². The quantitative estimate of drug-likeness (QED) is 0.335. The molecule has 0 unspecified atom stereocenters. The molecule has 1 saturated carbocycles. The van der Waals surface area contributed by atoms with Gasteiger partial charge in [-0.05, 0) is 25.0 Å². The highest BCUT2D eigenvalue weighted by Crippen LogP contribution is 2.28. The van der Waals surface area contributed by atoms with Crippen molar-refractivity contribution in [2.75, 3.05) is 18.5 Å². The molecule has 0 heterocycles. The van der Waals surface area contributed by atoms with E-state index in [0.717, 1.165) is 12.8 Å². The Kier molecular flexibility index (Phi) is 4.35. The smallest absolute Gasteiger partial charge is 0.253 e. The number of hydrogen-bond acceptors (Lipinski definition) is 4. The first kappa shape index (κ1) is 13.4. The van der Waals surface area contributed by atoms with Crippen molar-refractivity contribution in [3.05, 3.63) is 29.8 Å². The summed E-state index contributed by atoms with van der Waals surface area (Å²) in [6, 6.07) is 6.98. The highest BCUT2D eigenvalue weighted by molar-refractivity contribution is 5.99. The molecule has 1 fully saturated rings. The number of carbonyl (C=O) groups is 2. The number of nitrogen functional groups attached to an aromatic ring is 1. The fourth-order valence-corrected chi connectivity index (χ4v) is 1.75. The van der Waals surface area contributed by atoms with Gasteiger partial charge in [0, 0.05) is 19.0 Å². The van der Waals surface area contributed by atoms with E-state index in [1.165, 1.54) is 0 Å². The molecule has 6 heteroatoms. The zero-order valence-electron chi connectivity index (χ0n) is 10.6. The minimum absolute atomic E-state index is 0.0817. The molecule has 1 aliphatic rings. The van der Waals surface area contributed by atoms with Crippen LogP contribution in [0.15, 0.2) is 24.3 Å². The number of nitrogens with two attached hydrogens (primary N) is 1. The van der Waals surface area contributed by atoms with Gasteiger partial charge in [0.15, 0.2) is 0 Å². The Balaban J connectivity index is 1.75. The number of anilines is 1. The first-order valence-corrected chi connectivity index (χ1v) is 6.34. The van der Waals surface area contributed by atoms with Crippen LogP contribution in [0.2, 0.25) is 0 Å². The van der Waals surface area contributed by atoms with Gasteiger partial charge >= 0.3 is 0 Å². The molecule has 0 aromatic heterocycles. The fourth-order valence-electron chi connectivity index (χ4n) is 1.75. The van der Waals surface area contributed by atoms with E-state index in [1.54, 1.807) is 24.3 Å². The first-order valence-electron chi connectivity index (χ1n) is 6.34. The number of hydrogen-bond donors (Lipinski definition) is 4. The van der Waals surface area contributed by atoms with Crippen LogP contribution in [0.3, 0.4) is 0 Å². The molecular formula is C13H18N4O2. The van der Waals surface area contributed by atoms with Gasteiger partial charge in [0.05, 0.1) is 11.3 Å². The number of nitrogens with one attached hydrogen (secondary N) is 3. The topological polar surface area (TPSA) is 96.2 Å². The molecule has 2 amide bonds. The summed E-state index contributed by atoms with van der Waals surface area (Å²) >= 11 is 0. The maximum absolute atomic E-state index is 11.9. The van der Waals surface area contributed by atoms with Crippen molar-refractivity contribution >= 4 is 17.5 Å². The number of carbonyl (C=O) groups excluding carboxylic acids is 2. The van der Waals surface area contributed by atoms with Crippen LogP contribution in [-0.2, 0) is 4.79 Å². The number of rotatable bonds is 6. The second-order valence-electron chi connectivity index (χ2n) is 4.51. The average molecular weight is 262 g/mol. The third kappa shape index (κ3) is 3.69. The largest absolute Gasteiger partial charge is 0.354 e. The van der Waals surface area contributed by atoms with Crippen LogP contribution in [0.4, 0.5) is 5.69 Å². The van der Waals surface area contributed by atoms with Crippen LogP contribution in [0.1, 0.15) is 23.2 Å². The van der Waals surface area contributed by atoms with Gasteiger partial charge in [0.2, 0.25) is 5.91 Å².